The first-order chi connectivity index (χ1) is 12.9. The lowest BCUT2D eigenvalue weighted by atomic mass is 10.0. The Labute approximate surface area is 162 Å². The summed E-state index contributed by atoms with van der Waals surface area (Å²) in [6, 6.07) is 13.6. The molecule has 0 aliphatic rings. The van der Waals surface area contributed by atoms with Crippen molar-refractivity contribution in [2.24, 2.45) is 0 Å². The van der Waals surface area contributed by atoms with Gasteiger partial charge in [-0.2, -0.15) is 0 Å². The van der Waals surface area contributed by atoms with Crippen molar-refractivity contribution >= 4 is 17.4 Å². The second kappa shape index (κ2) is 10.0. The Kier molecular flexibility index (Phi) is 7.74. The van der Waals surface area contributed by atoms with E-state index >= 15 is 0 Å². The van der Waals surface area contributed by atoms with Gasteiger partial charge in [0.2, 0.25) is 5.91 Å². The van der Waals surface area contributed by atoms with Gasteiger partial charge in [0.15, 0.2) is 5.78 Å². The Morgan fingerprint density at radius 2 is 1.67 bits per heavy atom. The fraction of sp³-hybridized carbons (Fsp3) is 0.391. The molecule has 0 aromatic heterocycles. The van der Waals surface area contributed by atoms with E-state index in [9.17, 15) is 9.59 Å². The van der Waals surface area contributed by atoms with Crippen LogP contribution < -0.4 is 5.32 Å². The maximum atomic E-state index is 12.3. The van der Waals surface area contributed by atoms with E-state index in [1.165, 1.54) is 5.56 Å². The molecule has 4 nitrogen and oxygen atoms in total. The molecule has 0 unspecified atom stereocenters. The van der Waals surface area contributed by atoms with Gasteiger partial charge in [0.1, 0.15) is 0 Å². The van der Waals surface area contributed by atoms with Gasteiger partial charge in [0.25, 0.3) is 0 Å². The average Bonchev–Trinajstić information content (AvgIpc) is 2.66. The number of hydrogen-bond donors (Lipinski definition) is 1. The van der Waals surface area contributed by atoms with E-state index in [-0.39, 0.29) is 24.5 Å². The summed E-state index contributed by atoms with van der Waals surface area (Å²) >= 11 is 0. The van der Waals surface area contributed by atoms with E-state index in [4.69, 9.17) is 0 Å². The number of ketones is 1. The number of rotatable bonds is 9. The van der Waals surface area contributed by atoms with Crippen LogP contribution in [0.2, 0.25) is 0 Å². The van der Waals surface area contributed by atoms with Crippen LogP contribution in [0.4, 0.5) is 5.69 Å². The first-order valence-electron chi connectivity index (χ1n) is 9.64. The van der Waals surface area contributed by atoms with Crippen LogP contribution in [-0.4, -0.2) is 29.7 Å². The summed E-state index contributed by atoms with van der Waals surface area (Å²) in [4.78, 5) is 26.9. The van der Waals surface area contributed by atoms with Gasteiger partial charge in [-0.25, -0.2) is 0 Å². The summed E-state index contributed by atoms with van der Waals surface area (Å²) in [6.45, 7) is 11.1. The summed E-state index contributed by atoms with van der Waals surface area (Å²) in [5, 5.41) is 2.91. The molecule has 0 heterocycles. The molecule has 0 bridgehead atoms. The standard InChI is InChI=1S/C23H30N2O2/c1-5-25(6-2)16-19-8-7-9-21(15-19)24-23(27)13-12-22(26)20-11-10-17(3)18(4)14-20/h7-11,14-15H,5-6,12-13,16H2,1-4H3,(H,24,27). The predicted molar refractivity (Wildman–Crippen MR) is 111 cm³/mol. The van der Waals surface area contributed by atoms with Crippen LogP contribution in [0.1, 0.15) is 53.7 Å². The quantitative estimate of drug-likeness (QED) is 0.652. The Morgan fingerprint density at radius 1 is 0.926 bits per heavy atom. The van der Waals surface area contributed by atoms with Crippen LogP contribution >= 0.6 is 0 Å². The molecule has 2 aromatic rings. The SMILES string of the molecule is CCN(CC)Cc1cccc(NC(=O)CCC(=O)c2ccc(C)c(C)c2)c1. The van der Waals surface area contributed by atoms with Gasteiger partial charge in [-0.3, -0.25) is 14.5 Å². The molecule has 0 saturated heterocycles. The van der Waals surface area contributed by atoms with E-state index in [2.05, 4.69) is 30.1 Å². The molecule has 0 aliphatic heterocycles. The van der Waals surface area contributed by atoms with Crippen molar-refractivity contribution in [3.05, 3.63) is 64.7 Å². The number of anilines is 1. The molecular weight excluding hydrogens is 336 g/mol. The highest BCUT2D eigenvalue weighted by Gasteiger charge is 2.11. The van der Waals surface area contributed by atoms with Gasteiger partial charge in [0.05, 0.1) is 0 Å². The van der Waals surface area contributed by atoms with Crippen LogP contribution in [0.5, 0.6) is 0 Å². The zero-order valence-corrected chi connectivity index (χ0v) is 16.8. The first kappa shape index (κ1) is 20.8. The second-order valence-electron chi connectivity index (χ2n) is 6.93. The van der Waals surface area contributed by atoms with Crippen molar-refractivity contribution in [1.29, 1.82) is 0 Å². The van der Waals surface area contributed by atoms with Gasteiger partial charge < -0.3 is 5.32 Å². The summed E-state index contributed by atoms with van der Waals surface area (Å²) in [7, 11) is 0. The summed E-state index contributed by atoms with van der Waals surface area (Å²) < 4.78 is 0. The van der Waals surface area contributed by atoms with E-state index in [1.54, 1.807) is 0 Å². The van der Waals surface area contributed by atoms with E-state index in [0.717, 1.165) is 36.4 Å². The molecule has 2 aromatic carbocycles. The lowest BCUT2D eigenvalue weighted by Crippen LogP contribution is -2.22. The minimum absolute atomic E-state index is 0.00327. The van der Waals surface area contributed by atoms with Gasteiger partial charge in [-0.15, -0.1) is 0 Å². The summed E-state index contributed by atoms with van der Waals surface area (Å²) in [5.74, 6) is -0.129. The van der Waals surface area contributed by atoms with Crippen LogP contribution in [0.3, 0.4) is 0 Å². The zero-order chi connectivity index (χ0) is 19.8. The van der Waals surface area contributed by atoms with E-state index < -0.39 is 0 Å². The number of aryl methyl sites for hydroxylation is 2. The molecule has 0 radical (unpaired) electrons. The number of nitrogens with one attached hydrogen (secondary N) is 1. The number of benzene rings is 2. The Hall–Kier alpha value is -2.46. The minimum atomic E-state index is -0.132. The lowest BCUT2D eigenvalue weighted by molar-refractivity contribution is -0.116. The smallest absolute Gasteiger partial charge is 0.224 e. The highest BCUT2D eigenvalue weighted by Crippen LogP contribution is 2.15. The molecule has 0 spiro atoms. The molecule has 2 rings (SSSR count). The van der Waals surface area contributed by atoms with Crippen molar-refractivity contribution in [3.63, 3.8) is 0 Å². The third-order valence-corrected chi connectivity index (χ3v) is 4.92. The van der Waals surface area contributed by atoms with E-state index in [0.29, 0.717) is 5.56 Å². The molecule has 144 valence electrons. The van der Waals surface area contributed by atoms with Crippen LogP contribution in [0, 0.1) is 13.8 Å². The molecule has 1 amide bonds. The molecule has 27 heavy (non-hydrogen) atoms. The largest absolute Gasteiger partial charge is 0.326 e. The fourth-order valence-corrected chi connectivity index (χ4v) is 2.96. The summed E-state index contributed by atoms with van der Waals surface area (Å²) in [6.07, 6.45) is 0.402. The maximum absolute atomic E-state index is 12.3. The van der Waals surface area contributed by atoms with E-state index in [1.807, 2.05) is 50.2 Å². The monoisotopic (exact) mass is 366 g/mol. The number of carbonyl (C=O) groups excluding carboxylic acids is 2. The van der Waals surface area contributed by atoms with Gasteiger partial charge in [0, 0.05) is 30.6 Å². The Morgan fingerprint density at radius 3 is 2.33 bits per heavy atom. The van der Waals surface area contributed by atoms with Gasteiger partial charge >= 0.3 is 0 Å². The van der Waals surface area contributed by atoms with Crippen molar-refractivity contribution in [3.8, 4) is 0 Å². The molecule has 0 fully saturated rings. The highest BCUT2D eigenvalue weighted by molar-refractivity contribution is 6.00. The fourth-order valence-electron chi connectivity index (χ4n) is 2.96. The molecule has 0 aliphatic carbocycles. The van der Waals surface area contributed by atoms with Crippen LogP contribution in [-0.2, 0) is 11.3 Å². The Balaban J connectivity index is 1.90. The minimum Gasteiger partial charge on any atom is -0.326 e. The van der Waals surface area contributed by atoms with Gasteiger partial charge in [-0.05, 0) is 61.8 Å². The number of hydrogen-bond acceptors (Lipinski definition) is 3. The van der Waals surface area contributed by atoms with Crippen LogP contribution in [0.25, 0.3) is 0 Å². The predicted octanol–water partition coefficient (Wildman–Crippen LogP) is 4.75. The average molecular weight is 367 g/mol. The molecule has 0 atom stereocenters. The van der Waals surface area contributed by atoms with Crippen LogP contribution in [0.15, 0.2) is 42.5 Å². The molecule has 1 N–H and O–H groups in total. The van der Waals surface area contributed by atoms with Crippen molar-refractivity contribution in [1.82, 2.24) is 4.90 Å². The number of carbonyl (C=O) groups is 2. The second-order valence-corrected chi connectivity index (χ2v) is 6.93. The number of amides is 1. The van der Waals surface area contributed by atoms with Crippen molar-refractivity contribution < 1.29 is 9.59 Å². The highest BCUT2D eigenvalue weighted by atomic mass is 16.2. The first-order valence-corrected chi connectivity index (χ1v) is 9.64. The normalized spacial score (nSPS) is 10.9. The third kappa shape index (κ3) is 6.33. The van der Waals surface area contributed by atoms with Gasteiger partial charge in [-0.1, -0.05) is 38.1 Å². The Bertz CT molecular complexity index is 795. The zero-order valence-electron chi connectivity index (χ0n) is 16.8. The number of nitrogens with zero attached hydrogens (tertiary/aromatic N) is 1. The lowest BCUT2D eigenvalue weighted by Gasteiger charge is -2.18. The summed E-state index contributed by atoms with van der Waals surface area (Å²) in [5.41, 5.74) is 4.88. The molecule has 4 heteroatoms. The topological polar surface area (TPSA) is 49.4 Å². The molecule has 0 saturated carbocycles. The van der Waals surface area contributed by atoms with Crippen molar-refractivity contribution in [2.75, 3.05) is 18.4 Å². The molecular formula is C23H30N2O2. The number of Topliss-reactive ketones (excluding diaryl/α,β-unsaturated/α-hetero) is 1. The third-order valence-electron chi connectivity index (χ3n) is 4.92. The van der Waals surface area contributed by atoms with Crippen molar-refractivity contribution in [2.45, 2.75) is 47.1 Å². The maximum Gasteiger partial charge on any atom is 0.224 e.